The van der Waals surface area contributed by atoms with Crippen LogP contribution in [0.4, 0.5) is 0 Å². The number of hydrogen-bond acceptors (Lipinski definition) is 4. The van der Waals surface area contributed by atoms with Crippen molar-refractivity contribution in [2.45, 2.75) is 20.4 Å². The summed E-state index contributed by atoms with van der Waals surface area (Å²) < 4.78 is 6.23. The van der Waals surface area contributed by atoms with Crippen LogP contribution in [0, 0.1) is 6.92 Å². The molecule has 0 spiro atoms. The summed E-state index contributed by atoms with van der Waals surface area (Å²) >= 11 is 0. The molecular formula is C29H28N2O3. The molecule has 0 aliphatic carbocycles. The fraction of sp³-hybridized carbons (Fsp3) is 0.241. The van der Waals surface area contributed by atoms with Gasteiger partial charge in [-0.2, -0.15) is 0 Å². The first kappa shape index (κ1) is 22.1. The topological polar surface area (TPSA) is 53.8 Å². The molecule has 4 aromatic rings. The molecule has 2 heterocycles. The van der Waals surface area contributed by atoms with Gasteiger partial charge in [-0.25, -0.2) is 0 Å². The van der Waals surface area contributed by atoms with E-state index in [4.69, 9.17) is 4.42 Å². The normalized spacial score (nSPS) is 14.5. The number of rotatable bonds is 4. The number of nitrogens with zero attached hydrogens (tertiary/aromatic N) is 2. The lowest BCUT2D eigenvalue weighted by atomic mass is 9.95. The van der Waals surface area contributed by atoms with E-state index in [1.807, 2.05) is 53.4 Å². The highest BCUT2D eigenvalue weighted by Crippen LogP contribution is 2.32. The number of fused-ring (bicyclic) bond motifs is 1. The smallest absolute Gasteiger partial charge is 0.219 e. The van der Waals surface area contributed by atoms with Gasteiger partial charge >= 0.3 is 0 Å². The largest absolute Gasteiger partial charge is 0.456 e. The van der Waals surface area contributed by atoms with Crippen LogP contribution in [0.1, 0.15) is 18.1 Å². The molecule has 5 heteroatoms. The van der Waals surface area contributed by atoms with Crippen LogP contribution in [0.15, 0.2) is 82.0 Å². The van der Waals surface area contributed by atoms with Gasteiger partial charge in [0.05, 0.1) is 5.39 Å². The van der Waals surface area contributed by atoms with Crippen LogP contribution in [-0.2, 0) is 11.3 Å². The Bertz CT molecular complexity index is 1400. The van der Waals surface area contributed by atoms with Gasteiger partial charge in [-0.05, 0) is 41.3 Å². The Morgan fingerprint density at radius 1 is 0.882 bits per heavy atom. The SMILES string of the molecule is CC(=O)N1CCN(Cc2ccc3oc(-c4cccc(-c5ccccc5)c4C)cc(=O)c3c2)CC1. The van der Waals surface area contributed by atoms with Gasteiger partial charge in [-0.15, -0.1) is 0 Å². The minimum absolute atomic E-state index is 0.0380. The van der Waals surface area contributed by atoms with E-state index in [1.54, 1.807) is 13.0 Å². The molecule has 3 aromatic carbocycles. The summed E-state index contributed by atoms with van der Waals surface area (Å²) in [5.41, 5.74) is 5.90. The quantitative estimate of drug-likeness (QED) is 0.432. The van der Waals surface area contributed by atoms with Gasteiger partial charge in [0.25, 0.3) is 0 Å². The number of carbonyl (C=O) groups is 1. The Hall–Kier alpha value is -3.70. The van der Waals surface area contributed by atoms with Crippen molar-refractivity contribution in [3.63, 3.8) is 0 Å². The van der Waals surface area contributed by atoms with Crippen molar-refractivity contribution in [2.75, 3.05) is 26.2 Å². The van der Waals surface area contributed by atoms with Crippen molar-refractivity contribution in [3.05, 3.63) is 94.1 Å². The maximum Gasteiger partial charge on any atom is 0.219 e. The Balaban J connectivity index is 1.43. The molecular weight excluding hydrogens is 424 g/mol. The number of hydrogen-bond donors (Lipinski definition) is 0. The molecule has 172 valence electrons. The predicted molar refractivity (Wildman–Crippen MR) is 136 cm³/mol. The van der Waals surface area contributed by atoms with Crippen LogP contribution in [0.5, 0.6) is 0 Å². The molecule has 1 aromatic heterocycles. The van der Waals surface area contributed by atoms with E-state index in [0.29, 0.717) is 16.7 Å². The highest BCUT2D eigenvalue weighted by molar-refractivity contribution is 5.82. The van der Waals surface area contributed by atoms with E-state index in [2.05, 4.69) is 30.0 Å². The van der Waals surface area contributed by atoms with E-state index in [1.165, 1.54) is 0 Å². The fourth-order valence-corrected chi connectivity index (χ4v) is 4.75. The van der Waals surface area contributed by atoms with E-state index in [-0.39, 0.29) is 11.3 Å². The second-order valence-corrected chi connectivity index (χ2v) is 8.93. The van der Waals surface area contributed by atoms with E-state index >= 15 is 0 Å². The maximum absolute atomic E-state index is 13.1. The van der Waals surface area contributed by atoms with Crippen molar-refractivity contribution in [2.24, 2.45) is 0 Å². The zero-order valence-electron chi connectivity index (χ0n) is 19.6. The van der Waals surface area contributed by atoms with Gasteiger partial charge in [-0.3, -0.25) is 14.5 Å². The molecule has 0 N–H and O–H groups in total. The first-order valence-electron chi connectivity index (χ1n) is 11.7. The maximum atomic E-state index is 13.1. The molecule has 1 saturated heterocycles. The van der Waals surface area contributed by atoms with Crippen molar-refractivity contribution in [3.8, 4) is 22.5 Å². The number of amides is 1. The summed E-state index contributed by atoms with van der Waals surface area (Å²) in [6.07, 6.45) is 0. The molecule has 0 radical (unpaired) electrons. The number of benzene rings is 3. The minimum atomic E-state index is -0.0380. The molecule has 34 heavy (non-hydrogen) atoms. The molecule has 0 saturated carbocycles. The van der Waals surface area contributed by atoms with Crippen LogP contribution < -0.4 is 5.43 Å². The molecule has 1 amide bonds. The molecule has 1 aliphatic rings. The van der Waals surface area contributed by atoms with Crippen LogP contribution in [0.3, 0.4) is 0 Å². The van der Waals surface area contributed by atoms with Crippen LogP contribution >= 0.6 is 0 Å². The number of piperazine rings is 1. The zero-order valence-corrected chi connectivity index (χ0v) is 19.6. The summed E-state index contributed by atoms with van der Waals surface area (Å²) in [4.78, 5) is 28.8. The lowest BCUT2D eigenvalue weighted by Crippen LogP contribution is -2.47. The summed E-state index contributed by atoms with van der Waals surface area (Å²) in [5.74, 6) is 0.712. The average Bonchev–Trinajstić information content (AvgIpc) is 2.85. The molecule has 1 aliphatic heterocycles. The molecule has 0 atom stereocenters. The molecule has 0 unspecified atom stereocenters. The summed E-state index contributed by atoms with van der Waals surface area (Å²) in [7, 11) is 0. The third kappa shape index (κ3) is 4.39. The predicted octanol–water partition coefficient (Wildman–Crippen LogP) is 5.10. The second kappa shape index (κ2) is 9.27. The lowest BCUT2D eigenvalue weighted by Gasteiger charge is -2.34. The molecule has 0 bridgehead atoms. The zero-order chi connectivity index (χ0) is 23.7. The lowest BCUT2D eigenvalue weighted by molar-refractivity contribution is -0.130. The third-order valence-corrected chi connectivity index (χ3v) is 6.70. The van der Waals surface area contributed by atoms with Crippen molar-refractivity contribution in [1.82, 2.24) is 9.80 Å². The van der Waals surface area contributed by atoms with E-state index < -0.39 is 0 Å². The summed E-state index contributed by atoms with van der Waals surface area (Å²) in [5, 5.41) is 0.598. The summed E-state index contributed by atoms with van der Waals surface area (Å²) in [6.45, 7) is 7.60. The van der Waals surface area contributed by atoms with Gasteiger partial charge in [0.2, 0.25) is 5.91 Å². The minimum Gasteiger partial charge on any atom is -0.456 e. The standard InChI is InChI=1S/C29H28N2O3/c1-20-24(23-7-4-3-5-8-23)9-6-10-25(20)29-18-27(33)26-17-22(11-12-28(26)34-29)19-30-13-15-31(16-14-30)21(2)32/h3-12,17-18H,13-16,19H2,1-2H3. The first-order chi connectivity index (χ1) is 16.5. The Kier molecular flexibility index (Phi) is 6.03. The summed E-state index contributed by atoms with van der Waals surface area (Å²) in [6, 6.07) is 23.8. The van der Waals surface area contributed by atoms with E-state index in [0.717, 1.165) is 60.5 Å². The Morgan fingerprint density at radius 3 is 2.35 bits per heavy atom. The number of carbonyl (C=O) groups excluding carboxylic acids is 1. The molecule has 1 fully saturated rings. The van der Waals surface area contributed by atoms with Gasteiger partial charge in [0.1, 0.15) is 11.3 Å². The first-order valence-corrected chi connectivity index (χ1v) is 11.7. The molecule has 5 rings (SSSR count). The van der Waals surface area contributed by atoms with Gasteiger partial charge in [-0.1, -0.05) is 54.6 Å². The van der Waals surface area contributed by atoms with Crippen LogP contribution in [-0.4, -0.2) is 41.9 Å². The van der Waals surface area contributed by atoms with Gasteiger partial charge in [0, 0.05) is 51.3 Å². The highest BCUT2D eigenvalue weighted by atomic mass is 16.3. The van der Waals surface area contributed by atoms with E-state index in [9.17, 15) is 9.59 Å². The monoisotopic (exact) mass is 452 g/mol. The highest BCUT2D eigenvalue weighted by Gasteiger charge is 2.19. The van der Waals surface area contributed by atoms with Gasteiger partial charge < -0.3 is 9.32 Å². The van der Waals surface area contributed by atoms with Gasteiger partial charge in [0.15, 0.2) is 5.43 Å². The Labute approximate surface area is 199 Å². The van der Waals surface area contributed by atoms with Crippen molar-refractivity contribution in [1.29, 1.82) is 0 Å². The Morgan fingerprint density at radius 2 is 1.62 bits per heavy atom. The van der Waals surface area contributed by atoms with Crippen LogP contribution in [0.2, 0.25) is 0 Å². The van der Waals surface area contributed by atoms with Crippen LogP contribution in [0.25, 0.3) is 33.4 Å². The average molecular weight is 453 g/mol. The van der Waals surface area contributed by atoms with Crippen molar-refractivity contribution >= 4 is 16.9 Å². The second-order valence-electron chi connectivity index (χ2n) is 8.93. The van der Waals surface area contributed by atoms with Crippen molar-refractivity contribution < 1.29 is 9.21 Å². The molecule has 5 nitrogen and oxygen atoms in total. The third-order valence-electron chi connectivity index (χ3n) is 6.70. The fourth-order valence-electron chi connectivity index (χ4n) is 4.75.